The number of carbonyl (C=O) groups is 1. The molecule has 1 rings (SSSR count). The number of rotatable bonds is 1. The quantitative estimate of drug-likeness (QED) is 0.447. The van der Waals surface area contributed by atoms with Crippen LogP contribution in [0.3, 0.4) is 0 Å². The van der Waals surface area contributed by atoms with Gasteiger partial charge in [0.15, 0.2) is 0 Å². The normalized spacial score (nSPS) is 9.58. The van der Waals surface area contributed by atoms with Crippen molar-refractivity contribution in [1.82, 2.24) is 4.98 Å². The summed E-state index contributed by atoms with van der Waals surface area (Å²) in [6.45, 7) is 0. The molecule has 0 N–H and O–H groups in total. The van der Waals surface area contributed by atoms with Crippen LogP contribution in [0, 0.1) is 3.70 Å². The van der Waals surface area contributed by atoms with Crippen LogP contribution >= 0.6 is 38.5 Å². The van der Waals surface area contributed by atoms with Crippen LogP contribution in [0.5, 0.6) is 0 Å². The summed E-state index contributed by atoms with van der Waals surface area (Å²) >= 11 is 5.20. The van der Waals surface area contributed by atoms with E-state index >= 15 is 0 Å². The third kappa shape index (κ3) is 2.16. The summed E-state index contributed by atoms with van der Waals surface area (Å²) in [5.74, 6) is -0.367. The molecule has 5 heteroatoms. The summed E-state index contributed by atoms with van der Waals surface area (Å²) in [6.07, 6.45) is 1.63. The Bertz CT molecular complexity index is 316. The fraction of sp³-hybridized carbons (Fsp3) is 0.143. The molecule has 1 aromatic heterocycles. The van der Waals surface area contributed by atoms with E-state index in [1.165, 1.54) is 7.11 Å². The van der Waals surface area contributed by atoms with E-state index in [1.807, 2.05) is 22.6 Å². The van der Waals surface area contributed by atoms with E-state index < -0.39 is 0 Å². The number of esters is 1. The van der Waals surface area contributed by atoms with Gasteiger partial charge >= 0.3 is 5.97 Å². The van der Waals surface area contributed by atoms with Crippen molar-refractivity contribution in [3.63, 3.8) is 0 Å². The van der Waals surface area contributed by atoms with Crippen LogP contribution in [0.25, 0.3) is 0 Å². The van der Waals surface area contributed by atoms with Crippen LogP contribution in [0.4, 0.5) is 0 Å². The number of pyridine rings is 1. The van der Waals surface area contributed by atoms with Gasteiger partial charge in [0.1, 0.15) is 3.70 Å². The van der Waals surface area contributed by atoms with Crippen LogP contribution in [0.2, 0.25) is 0 Å². The average Bonchev–Trinajstić information content (AvgIpc) is 2.08. The van der Waals surface area contributed by atoms with Gasteiger partial charge in [0.25, 0.3) is 0 Å². The lowest BCUT2D eigenvalue weighted by Gasteiger charge is -2.00. The highest BCUT2D eigenvalue weighted by atomic mass is 127. The minimum absolute atomic E-state index is 0.367. The summed E-state index contributed by atoms with van der Waals surface area (Å²) in [5.41, 5.74) is 0.479. The van der Waals surface area contributed by atoms with Crippen LogP contribution < -0.4 is 0 Å². The van der Waals surface area contributed by atoms with Gasteiger partial charge in [-0.05, 0) is 44.6 Å². The molecule has 0 aliphatic carbocycles. The van der Waals surface area contributed by atoms with Gasteiger partial charge in [-0.2, -0.15) is 0 Å². The Labute approximate surface area is 91.8 Å². The molecule has 0 fully saturated rings. The number of aromatic nitrogens is 1. The highest BCUT2D eigenvalue weighted by Crippen LogP contribution is 2.16. The molecule has 0 amide bonds. The predicted molar refractivity (Wildman–Crippen MR) is 56.0 cm³/mol. The van der Waals surface area contributed by atoms with Crippen LogP contribution in [0.15, 0.2) is 16.7 Å². The number of hydrogen-bond acceptors (Lipinski definition) is 3. The molecule has 0 bridgehead atoms. The van der Waals surface area contributed by atoms with Crippen molar-refractivity contribution in [2.75, 3.05) is 7.11 Å². The highest BCUT2D eigenvalue weighted by molar-refractivity contribution is 14.1. The first-order valence-electron chi connectivity index (χ1n) is 3.04. The Morgan fingerprint density at radius 2 is 2.42 bits per heavy atom. The predicted octanol–water partition coefficient (Wildman–Crippen LogP) is 2.24. The lowest BCUT2D eigenvalue weighted by Crippen LogP contribution is -2.04. The average molecular weight is 342 g/mol. The third-order valence-electron chi connectivity index (χ3n) is 1.21. The Morgan fingerprint density at radius 1 is 1.75 bits per heavy atom. The van der Waals surface area contributed by atoms with Gasteiger partial charge in [-0.1, -0.05) is 0 Å². The van der Waals surface area contributed by atoms with E-state index in [0.717, 1.165) is 4.47 Å². The number of hydrogen-bond donors (Lipinski definition) is 0. The Morgan fingerprint density at radius 3 is 3.00 bits per heavy atom. The summed E-state index contributed by atoms with van der Waals surface area (Å²) in [5, 5.41) is 0. The van der Waals surface area contributed by atoms with E-state index in [-0.39, 0.29) is 5.97 Å². The summed E-state index contributed by atoms with van der Waals surface area (Å²) in [7, 11) is 1.35. The van der Waals surface area contributed by atoms with E-state index in [2.05, 4.69) is 25.7 Å². The molecule has 0 aliphatic rings. The zero-order valence-electron chi connectivity index (χ0n) is 6.17. The molecular formula is C7H5BrINO2. The minimum Gasteiger partial charge on any atom is -0.465 e. The van der Waals surface area contributed by atoms with Crippen molar-refractivity contribution in [2.45, 2.75) is 0 Å². The van der Waals surface area contributed by atoms with E-state index in [1.54, 1.807) is 12.3 Å². The van der Waals surface area contributed by atoms with E-state index in [9.17, 15) is 4.79 Å². The molecule has 12 heavy (non-hydrogen) atoms. The summed E-state index contributed by atoms with van der Waals surface area (Å²) in [6, 6.07) is 1.68. The Balaban J connectivity index is 3.13. The van der Waals surface area contributed by atoms with Crippen molar-refractivity contribution in [3.05, 3.63) is 26.0 Å². The van der Waals surface area contributed by atoms with Crippen molar-refractivity contribution in [2.24, 2.45) is 0 Å². The molecule has 1 heterocycles. The standard InChI is InChI=1S/C7H5BrINO2/c1-12-7(11)5-2-4(8)3-10-6(5)9/h2-3H,1H3. The molecular weight excluding hydrogens is 337 g/mol. The van der Waals surface area contributed by atoms with E-state index in [4.69, 9.17) is 0 Å². The number of carbonyl (C=O) groups excluding carboxylic acids is 1. The second-order valence-electron chi connectivity index (χ2n) is 1.98. The van der Waals surface area contributed by atoms with Crippen LogP contribution in [0.1, 0.15) is 10.4 Å². The first-order chi connectivity index (χ1) is 5.65. The van der Waals surface area contributed by atoms with Gasteiger partial charge in [0.05, 0.1) is 12.7 Å². The lowest BCUT2D eigenvalue weighted by atomic mass is 10.3. The maximum atomic E-state index is 11.1. The molecule has 0 saturated carbocycles. The SMILES string of the molecule is COC(=O)c1cc(Br)cnc1I. The summed E-state index contributed by atoms with van der Waals surface area (Å²) in [4.78, 5) is 15.1. The molecule has 0 aromatic carbocycles. The molecule has 0 spiro atoms. The molecule has 3 nitrogen and oxygen atoms in total. The fourth-order valence-electron chi connectivity index (χ4n) is 0.676. The molecule has 0 radical (unpaired) electrons. The molecule has 1 aromatic rings. The van der Waals surface area contributed by atoms with Crippen molar-refractivity contribution in [3.8, 4) is 0 Å². The molecule has 0 saturated heterocycles. The largest absolute Gasteiger partial charge is 0.465 e. The molecule has 0 aliphatic heterocycles. The van der Waals surface area contributed by atoms with Crippen molar-refractivity contribution < 1.29 is 9.53 Å². The Kier molecular flexibility index (Phi) is 3.45. The molecule has 64 valence electrons. The van der Waals surface area contributed by atoms with Crippen molar-refractivity contribution >= 4 is 44.5 Å². The number of methoxy groups -OCH3 is 1. The first-order valence-corrected chi connectivity index (χ1v) is 4.91. The van der Waals surface area contributed by atoms with Crippen LogP contribution in [-0.4, -0.2) is 18.1 Å². The third-order valence-corrected chi connectivity index (χ3v) is 2.50. The lowest BCUT2D eigenvalue weighted by molar-refractivity contribution is 0.0599. The van der Waals surface area contributed by atoms with Gasteiger partial charge in [-0.25, -0.2) is 9.78 Å². The minimum atomic E-state index is -0.367. The maximum absolute atomic E-state index is 11.1. The maximum Gasteiger partial charge on any atom is 0.340 e. The van der Waals surface area contributed by atoms with Gasteiger partial charge in [-0.3, -0.25) is 0 Å². The van der Waals surface area contributed by atoms with Crippen molar-refractivity contribution in [1.29, 1.82) is 0 Å². The first kappa shape index (κ1) is 9.91. The monoisotopic (exact) mass is 341 g/mol. The number of ether oxygens (including phenoxy) is 1. The number of nitrogens with zero attached hydrogens (tertiary/aromatic N) is 1. The number of halogens is 2. The zero-order chi connectivity index (χ0) is 9.14. The fourth-order valence-corrected chi connectivity index (χ4v) is 1.52. The molecule has 0 atom stereocenters. The van der Waals surface area contributed by atoms with Gasteiger partial charge < -0.3 is 4.74 Å². The van der Waals surface area contributed by atoms with Gasteiger partial charge in [-0.15, -0.1) is 0 Å². The van der Waals surface area contributed by atoms with E-state index in [0.29, 0.717) is 9.26 Å². The second-order valence-corrected chi connectivity index (χ2v) is 3.92. The highest BCUT2D eigenvalue weighted by Gasteiger charge is 2.10. The van der Waals surface area contributed by atoms with Gasteiger partial charge in [0.2, 0.25) is 0 Å². The zero-order valence-corrected chi connectivity index (χ0v) is 9.92. The molecule has 0 unspecified atom stereocenters. The van der Waals surface area contributed by atoms with Crippen LogP contribution in [-0.2, 0) is 4.74 Å². The summed E-state index contributed by atoms with van der Waals surface area (Å²) < 4.78 is 5.98. The smallest absolute Gasteiger partial charge is 0.340 e. The second kappa shape index (κ2) is 4.18. The topological polar surface area (TPSA) is 39.2 Å². The van der Waals surface area contributed by atoms with Gasteiger partial charge in [0, 0.05) is 10.7 Å². The Hall–Kier alpha value is -0.170.